The summed E-state index contributed by atoms with van der Waals surface area (Å²) in [5.74, 6) is 1.25. The van der Waals surface area contributed by atoms with Crippen molar-refractivity contribution in [2.75, 3.05) is 31.6 Å². The number of benzene rings is 1. The molecule has 0 saturated carbocycles. The van der Waals surface area contributed by atoms with Gasteiger partial charge < -0.3 is 0 Å². The summed E-state index contributed by atoms with van der Waals surface area (Å²) >= 11 is 1.98. The zero-order valence-corrected chi connectivity index (χ0v) is 18.4. The maximum atomic E-state index is 4.90. The molecule has 0 bridgehead atoms. The first-order valence-corrected chi connectivity index (χ1v) is 12.1. The van der Waals surface area contributed by atoms with Gasteiger partial charge in [-0.3, -0.25) is 14.5 Å². The standard InChI is InChI=1S/C23H34N4S/c1-18-23(19(2)27(24-18)14-20-8-5-4-6-9-20)17-26-16-21-10-7-12-25(21)15-22(26)11-13-28-3/h4-6,8-9,21-22H,7,10-17H2,1-3H3/t21-,22-/m0/s1. The van der Waals surface area contributed by atoms with Gasteiger partial charge in [-0.1, -0.05) is 30.3 Å². The maximum Gasteiger partial charge on any atom is 0.0662 e. The van der Waals surface area contributed by atoms with Gasteiger partial charge in [-0.05, 0) is 57.2 Å². The van der Waals surface area contributed by atoms with Gasteiger partial charge >= 0.3 is 0 Å². The normalized spacial score (nSPS) is 23.2. The number of hydrogen-bond acceptors (Lipinski definition) is 4. The molecule has 2 saturated heterocycles. The van der Waals surface area contributed by atoms with Crippen LogP contribution >= 0.6 is 11.8 Å². The SMILES string of the molecule is CSCC[C@H]1CN2CCC[C@H]2CN1Cc1c(C)nn(Cc2ccccc2)c1C. The molecular weight excluding hydrogens is 364 g/mol. The Labute approximate surface area is 174 Å². The molecule has 1 aromatic heterocycles. The van der Waals surface area contributed by atoms with Crippen LogP contribution in [0.3, 0.4) is 0 Å². The monoisotopic (exact) mass is 398 g/mol. The molecule has 2 atom stereocenters. The molecule has 2 aromatic rings. The number of thioether (sulfide) groups is 1. The van der Waals surface area contributed by atoms with E-state index in [4.69, 9.17) is 5.10 Å². The molecule has 2 aliphatic heterocycles. The van der Waals surface area contributed by atoms with Crippen molar-refractivity contribution >= 4 is 11.8 Å². The fraction of sp³-hybridized carbons (Fsp3) is 0.609. The predicted molar refractivity (Wildman–Crippen MR) is 119 cm³/mol. The summed E-state index contributed by atoms with van der Waals surface area (Å²) < 4.78 is 2.20. The summed E-state index contributed by atoms with van der Waals surface area (Å²) in [4.78, 5) is 5.52. The van der Waals surface area contributed by atoms with Crippen LogP contribution in [0.15, 0.2) is 30.3 Å². The minimum atomic E-state index is 0.679. The molecule has 0 radical (unpaired) electrons. The van der Waals surface area contributed by atoms with Gasteiger partial charge in [-0.2, -0.15) is 16.9 Å². The summed E-state index contributed by atoms with van der Waals surface area (Å²) in [6.45, 7) is 10.1. The van der Waals surface area contributed by atoms with E-state index >= 15 is 0 Å². The molecule has 1 aromatic carbocycles. The fourth-order valence-electron chi connectivity index (χ4n) is 4.95. The predicted octanol–water partition coefficient (Wildman–Crippen LogP) is 3.95. The van der Waals surface area contributed by atoms with E-state index in [0.717, 1.165) is 19.1 Å². The minimum Gasteiger partial charge on any atom is -0.298 e. The van der Waals surface area contributed by atoms with Crippen molar-refractivity contribution in [2.24, 2.45) is 0 Å². The number of aromatic nitrogens is 2. The lowest BCUT2D eigenvalue weighted by atomic mass is 10.0. The Balaban J connectivity index is 1.51. The molecule has 3 heterocycles. The van der Waals surface area contributed by atoms with Gasteiger partial charge in [-0.15, -0.1) is 0 Å². The van der Waals surface area contributed by atoms with Gasteiger partial charge in [0.2, 0.25) is 0 Å². The van der Waals surface area contributed by atoms with E-state index < -0.39 is 0 Å². The highest BCUT2D eigenvalue weighted by Gasteiger charge is 2.36. The van der Waals surface area contributed by atoms with Gasteiger partial charge in [0.05, 0.1) is 12.2 Å². The van der Waals surface area contributed by atoms with Crippen LogP contribution in [-0.2, 0) is 13.1 Å². The maximum absolute atomic E-state index is 4.90. The third-order valence-corrected chi connectivity index (χ3v) is 7.27. The van der Waals surface area contributed by atoms with E-state index in [0.29, 0.717) is 6.04 Å². The lowest BCUT2D eigenvalue weighted by Gasteiger charge is -2.44. The lowest BCUT2D eigenvalue weighted by Crippen LogP contribution is -2.55. The molecule has 2 fully saturated rings. The molecule has 28 heavy (non-hydrogen) atoms. The molecule has 0 aliphatic carbocycles. The molecule has 0 unspecified atom stereocenters. The molecule has 0 spiro atoms. The Morgan fingerprint density at radius 2 is 1.93 bits per heavy atom. The third-order valence-electron chi connectivity index (χ3n) is 6.63. The Morgan fingerprint density at radius 1 is 1.11 bits per heavy atom. The van der Waals surface area contributed by atoms with Crippen LogP contribution in [0, 0.1) is 13.8 Å². The second kappa shape index (κ2) is 9.02. The second-order valence-corrected chi connectivity index (χ2v) is 9.43. The van der Waals surface area contributed by atoms with Crippen LogP contribution < -0.4 is 0 Å². The smallest absolute Gasteiger partial charge is 0.0662 e. The van der Waals surface area contributed by atoms with E-state index in [1.165, 1.54) is 67.2 Å². The highest BCUT2D eigenvalue weighted by atomic mass is 32.2. The second-order valence-electron chi connectivity index (χ2n) is 8.45. The van der Waals surface area contributed by atoms with Crippen molar-refractivity contribution in [1.82, 2.24) is 19.6 Å². The summed E-state index contributed by atoms with van der Waals surface area (Å²) in [6, 6.07) is 12.1. The van der Waals surface area contributed by atoms with E-state index in [-0.39, 0.29) is 0 Å². The van der Waals surface area contributed by atoms with Crippen molar-refractivity contribution < 1.29 is 0 Å². The van der Waals surface area contributed by atoms with Gasteiger partial charge in [0.15, 0.2) is 0 Å². The minimum absolute atomic E-state index is 0.679. The van der Waals surface area contributed by atoms with Crippen LogP contribution in [0.25, 0.3) is 0 Å². The topological polar surface area (TPSA) is 24.3 Å². The van der Waals surface area contributed by atoms with Gasteiger partial charge in [0, 0.05) is 43.0 Å². The average Bonchev–Trinajstić information content (AvgIpc) is 3.26. The average molecular weight is 399 g/mol. The highest BCUT2D eigenvalue weighted by molar-refractivity contribution is 7.98. The first-order chi connectivity index (χ1) is 13.7. The first kappa shape index (κ1) is 20.0. The quantitative estimate of drug-likeness (QED) is 0.705. The molecule has 0 amide bonds. The Hall–Kier alpha value is -1.30. The number of fused-ring (bicyclic) bond motifs is 1. The summed E-state index contributed by atoms with van der Waals surface area (Å²) in [7, 11) is 0. The largest absolute Gasteiger partial charge is 0.298 e. The molecule has 4 rings (SSSR count). The van der Waals surface area contributed by atoms with Gasteiger partial charge in [0.1, 0.15) is 0 Å². The molecular formula is C23H34N4S. The van der Waals surface area contributed by atoms with Crippen molar-refractivity contribution in [2.45, 2.75) is 58.3 Å². The van der Waals surface area contributed by atoms with E-state index in [1.54, 1.807) is 0 Å². The number of piperazine rings is 1. The number of hydrogen-bond donors (Lipinski definition) is 0. The van der Waals surface area contributed by atoms with Crippen LogP contribution in [-0.4, -0.2) is 63.3 Å². The van der Waals surface area contributed by atoms with Crippen LogP contribution in [0.1, 0.15) is 41.8 Å². The molecule has 4 nitrogen and oxygen atoms in total. The molecule has 2 aliphatic rings. The van der Waals surface area contributed by atoms with E-state index in [2.05, 4.69) is 64.9 Å². The number of aryl methyl sites for hydroxylation is 1. The molecule has 0 N–H and O–H groups in total. The summed E-state index contributed by atoms with van der Waals surface area (Å²) in [5, 5.41) is 4.90. The Kier molecular flexibility index (Phi) is 6.44. The Morgan fingerprint density at radius 3 is 2.71 bits per heavy atom. The van der Waals surface area contributed by atoms with E-state index in [1.807, 2.05) is 11.8 Å². The highest BCUT2D eigenvalue weighted by Crippen LogP contribution is 2.29. The van der Waals surface area contributed by atoms with Crippen molar-refractivity contribution in [1.29, 1.82) is 0 Å². The molecule has 5 heteroatoms. The molecule has 152 valence electrons. The zero-order chi connectivity index (χ0) is 19.5. The fourth-order valence-corrected chi connectivity index (χ4v) is 5.45. The zero-order valence-electron chi connectivity index (χ0n) is 17.6. The summed E-state index contributed by atoms with van der Waals surface area (Å²) in [6.07, 6.45) is 6.27. The lowest BCUT2D eigenvalue weighted by molar-refractivity contribution is 0.0440. The number of rotatable bonds is 7. The van der Waals surface area contributed by atoms with Crippen LogP contribution in [0.2, 0.25) is 0 Å². The first-order valence-electron chi connectivity index (χ1n) is 10.7. The van der Waals surface area contributed by atoms with Crippen molar-refractivity contribution in [3.8, 4) is 0 Å². The van der Waals surface area contributed by atoms with Gasteiger partial charge in [-0.25, -0.2) is 0 Å². The van der Waals surface area contributed by atoms with E-state index in [9.17, 15) is 0 Å². The summed E-state index contributed by atoms with van der Waals surface area (Å²) in [5.41, 5.74) is 5.29. The van der Waals surface area contributed by atoms with Crippen molar-refractivity contribution in [3.63, 3.8) is 0 Å². The van der Waals surface area contributed by atoms with Gasteiger partial charge in [0.25, 0.3) is 0 Å². The van der Waals surface area contributed by atoms with Crippen LogP contribution in [0.5, 0.6) is 0 Å². The Bertz CT molecular complexity index is 772. The van der Waals surface area contributed by atoms with Crippen LogP contribution in [0.4, 0.5) is 0 Å². The van der Waals surface area contributed by atoms with Crippen molar-refractivity contribution in [3.05, 3.63) is 52.8 Å². The number of nitrogens with zero attached hydrogens (tertiary/aromatic N) is 4. The third kappa shape index (κ3) is 4.32.